The number of nitrogens with two attached hydrogens (primary N) is 1. The van der Waals surface area contributed by atoms with Crippen LogP contribution in [0.4, 0.5) is 0 Å². The maximum atomic E-state index is 13.6. The first-order valence-electron chi connectivity index (χ1n) is 13.1. The van der Waals surface area contributed by atoms with Gasteiger partial charge >= 0.3 is 5.97 Å². The zero-order chi connectivity index (χ0) is 27.3. The van der Waals surface area contributed by atoms with E-state index in [-0.39, 0.29) is 22.6 Å². The first-order valence-corrected chi connectivity index (χ1v) is 14.6. The van der Waals surface area contributed by atoms with Crippen molar-refractivity contribution in [2.75, 3.05) is 0 Å². The molecule has 3 aromatic carbocycles. The van der Waals surface area contributed by atoms with Gasteiger partial charge in [-0.3, -0.25) is 0 Å². The van der Waals surface area contributed by atoms with Crippen LogP contribution in [0.15, 0.2) is 95.1 Å². The van der Waals surface area contributed by atoms with Crippen LogP contribution >= 0.6 is 0 Å². The summed E-state index contributed by atoms with van der Waals surface area (Å²) in [5.74, 6) is -1.12. The number of ether oxygens (including phenoxy) is 1. The Kier molecular flexibility index (Phi) is 8.38. The molecular weight excluding hydrogens is 498 g/mol. The van der Waals surface area contributed by atoms with Crippen LogP contribution in [0.1, 0.15) is 63.0 Å². The van der Waals surface area contributed by atoms with Gasteiger partial charge in [0, 0.05) is 17.9 Å². The topological polar surface area (TPSA) is 107 Å². The highest BCUT2D eigenvalue weighted by molar-refractivity contribution is 7.89. The Morgan fingerprint density at radius 2 is 1.61 bits per heavy atom. The van der Waals surface area contributed by atoms with E-state index in [0.717, 1.165) is 18.4 Å². The molecule has 0 radical (unpaired) electrons. The predicted octanol–water partition coefficient (Wildman–Crippen LogP) is 6.43. The summed E-state index contributed by atoms with van der Waals surface area (Å²) in [6.45, 7) is 3.94. The average molecular weight is 534 g/mol. The Bertz CT molecular complexity index is 1420. The van der Waals surface area contributed by atoms with E-state index >= 15 is 0 Å². The van der Waals surface area contributed by atoms with Gasteiger partial charge in [-0.2, -0.15) is 0 Å². The average Bonchev–Trinajstić information content (AvgIpc) is 2.90. The second-order valence-electron chi connectivity index (χ2n) is 9.94. The molecular formula is C31H35NO5S. The second kappa shape index (κ2) is 11.5. The molecule has 7 heteroatoms. The van der Waals surface area contributed by atoms with E-state index < -0.39 is 27.5 Å². The van der Waals surface area contributed by atoms with Crippen LogP contribution in [-0.4, -0.2) is 25.1 Å². The highest BCUT2D eigenvalue weighted by Gasteiger charge is 2.43. The molecule has 0 fully saturated rings. The van der Waals surface area contributed by atoms with Crippen LogP contribution in [0, 0.1) is 0 Å². The number of hydrogen-bond donors (Lipinski definition) is 2. The summed E-state index contributed by atoms with van der Waals surface area (Å²) in [6.07, 6.45) is 3.43. The van der Waals surface area contributed by atoms with Crippen molar-refractivity contribution in [2.45, 2.75) is 68.8 Å². The van der Waals surface area contributed by atoms with Crippen molar-refractivity contribution < 1.29 is 23.1 Å². The van der Waals surface area contributed by atoms with Gasteiger partial charge in [-0.15, -0.1) is 0 Å². The Labute approximate surface area is 225 Å². The molecule has 2 unspecified atom stereocenters. The summed E-state index contributed by atoms with van der Waals surface area (Å²) in [4.78, 5) is 13.6. The molecule has 0 saturated heterocycles. The molecule has 3 N–H and O–H groups in total. The van der Waals surface area contributed by atoms with Gasteiger partial charge in [-0.1, -0.05) is 93.1 Å². The Hall–Kier alpha value is -3.42. The third-order valence-electron chi connectivity index (χ3n) is 7.31. The fourth-order valence-corrected chi connectivity index (χ4v) is 6.38. The lowest BCUT2D eigenvalue weighted by molar-refractivity contribution is -0.161. The molecule has 0 amide bonds. The molecule has 0 bridgehead atoms. The molecule has 2 atom stereocenters. The molecule has 38 heavy (non-hydrogen) atoms. The number of primary sulfonamides is 1. The molecule has 0 saturated carbocycles. The summed E-state index contributed by atoms with van der Waals surface area (Å²) in [6, 6.07) is 24.0. The van der Waals surface area contributed by atoms with Gasteiger partial charge < -0.3 is 9.84 Å². The van der Waals surface area contributed by atoms with Gasteiger partial charge in [0.2, 0.25) is 10.0 Å². The number of carbonyl (C=O) groups is 1. The first-order chi connectivity index (χ1) is 18.2. The Morgan fingerprint density at radius 3 is 2.18 bits per heavy atom. The SMILES string of the molecule is CCCC1(CCc2ccccc2)CC(O)=C(C(CC)c2cccc(S(N)(=O)=O)c2-c2ccccc2)C(=O)O1. The summed E-state index contributed by atoms with van der Waals surface area (Å²) in [5, 5.41) is 17.0. The second-order valence-corrected chi connectivity index (χ2v) is 11.5. The lowest BCUT2D eigenvalue weighted by atomic mass is 9.78. The highest BCUT2D eigenvalue weighted by atomic mass is 32.2. The third kappa shape index (κ3) is 5.84. The number of aliphatic hydroxyl groups is 1. The summed E-state index contributed by atoms with van der Waals surface area (Å²) in [5.41, 5.74) is 2.24. The summed E-state index contributed by atoms with van der Waals surface area (Å²) >= 11 is 0. The van der Waals surface area contributed by atoms with Crippen LogP contribution in [0.3, 0.4) is 0 Å². The van der Waals surface area contributed by atoms with Crippen molar-refractivity contribution in [3.8, 4) is 11.1 Å². The van der Waals surface area contributed by atoms with E-state index in [1.807, 2.05) is 74.5 Å². The number of aryl methyl sites for hydroxylation is 1. The van der Waals surface area contributed by atoms with Gasteiger partial charge in [-0.05, 0) is 48.4 Å². The van der Waals surface area contributed by atoms with Crippen molar-refractivity contribution in [3.05, 3.63) is 101 Å². The zero-order valence-electron chi connectivity index (χ0n) is 21.9. The summed E-state index contributed by atoms with van der Waals surface area (Å²) in [7, 11) is -4.06. The van der Waals surface area contributed by atoms with Gasteiger partial charge in [-0.25, -0.2) is 18.4 Å². The number of hydrogen-bond acceptors (Lipinski definition) is 5. The lowest BCUT2D eigenvalue weighted by Gasteiger charge is -2.39. The van der Waals surface area contributed by atoms with Crippen LogP contribution in [-0.2, 0) is 26.0 Å². The van der Waals surface area contributed by atoms with E-state index in [2.05, 4.69) is 0 Å². The molecule has 1 aliphatic heterocycles. The lowest BCUT2D eigenvalue weighted by Crippen LogP contribution is -2.41. The molecule has 1 heterocycles. The molecule has 0 aromatic heterocycles. The standard InChI is InChI=1S/C31H35NO5S/c1-3-19-31(20-18-22-12-7-5-8-13-22)21-26(33)29(30(34)37-31)24(4-2)25-16-11-17-27(38(32,35)36)28(25)23-14-9-6-10-15-23/h5-17,24,33H,3-4,18-21H2,1-2H3,(H2,32,35,36). The van der Waals surface area contributed by atoms with Gasteiger partial charge in [0.15, 0.2) is 0 Å². The van der Waals surface area contributed by atoms with E-state index in [9.17, 15) is 18.3 Å². The molecule has 4 rings (SSSR count). The number of esters is 1. The molecule has 6 nitrogen and oxygen atoms in total. The van der Waals surface area contributed by atoms with Crippen molar-refractivity contribution in [3.63, 3.8) is 0 Å². The largest absolute Gasteiger partial charge is 0.512 e. The Morgan fingerprint density at radius 1 is 0.947 bits per heavy atom. The van der Waals surface area contributed by atoms with E-state index in [1.54, 1.807) is 12.1 Å². The first kappa shape index (κ1) is 27.6. The van der Waals surface area contributed by atoms with Crippen molar-refractivity contribution in [2.24, 2.45) is 5.14 Å². The molecule has 0 spiro atoms. The predicted molar refractivity (Wildman–Crippen MR) is 149 cm³/mol. The van der Waals surface area contributed by atoms with Crippen LogP contribution < -0.4 is 5.14 Å². The number of benzene rings is 3. The maximum absolute atomic E-state index is 13.6. The maximum Gasteiger partial charge on any atom is 0.338 e. The van der Waals surface area contributed by atoms with Crippen molar-refractivity contribution >= 4 is 16.0 Å². The van der Waals surface area contributed by atoms with Gasteiger partial charge in [0.25, 0.3) is 0 Å². The van der Waals surface area contributed by atoms with E-state index in [0.29, 0.717) is 36.0 Å². The van der Waals surface area contributed by atoms with E-state index in [1.165, 1.54) is 6.07 Å². The molecule has 0 aliphatic carbocycles. The molecule has 200 valence electrons. The Balaban J connectivity index is 1.78. The normalized spacial score (nSPS) is 18.8. The number of carbonyl (C=O) groups excluding carboxylic acids is 1. The minimum atomic E-state index is -4.06. The fraction of sp³-hybridized carbons (Fsp3) is 0.323. The van der Waals surface area contributed by atoms with Crippen LogP contribution in [0.5, 0.6) is 0 Å². The minimum absolute atomic E-state index is 0.00892. The zero-order valence-corrected chi connectivity index (χ0v) is 22.7. The fourth-order valence-electron chi connectivity index (χ4n) is 5.59. The van der Waals surface area contributed by atoms with Crippen molar-refractivity contribution in [1.29, 1.82) is 0 Å². The van der Waals surface area contributed by atoms with Gasteiger partial charge in [0.1, 0.15) is 11.4 Å². The van der Waals surface area contributed by atoms with Gasteiger partial charge in [0.05, 0.1) is 10.5 Å². The highest BCUT2D eigenvalue weighted by Crippen LogP contribution is 2.45. The molecule has 3 aromatic rings. The number of aliphatic hydroxyl groups excluding tert-OH is 1. The number of rotatable bonds is 10. The van der Waals surface area contributed by atoms with Crippen molar-refractivity contribution in [1.82, 2.24) is 0 Å². The monoisotopic (exact) mass is 533 g/mol. The van der Waals surface area contributed by atoms with E-state index in [4.69, 9.17) is 9.88 Å². The van der Waals surface area contributed by atoms with Crippen LogP contribution in [0.2, 0.25) is 0 Å². The quantitative estimate of drug-likeness (QED) is 0.292. The smallest absolute Gasteiger partial charge is 0.338 e. The molecule has 1 aliphatic rings. The van der Waals surface area contributed by atoms with Crippen LogP contribution in [0.25, 0.3) is 11.1 Å². The number of cyclic esters (lactones) is 1. The number of sulfonamides is 1. The third-order valence-corrected chi connectivity index (χ3v) is 8.26. The summed E-state index contributed by atoms with van der Waals surface area (Å²) < 4.78 is 31.3. The minimum Gasteiger partial charge on any atom is -0.512 e.